The number of hydrogen-bond acceptors (Lipinski definition) is 7. The molecule has 0 radical (unpaired) electrons. The number of amides is 1. The Morgan fingerprint density at radius 3 is 2.37 bits per heavy atom. The second-order valence-electron chi connectivity index (χ2n) is 7.19. The molecule has 166 valence electrons. The van der Waals surface area contributed by atoms with E-state index in [0.29, 0.717) is 30.9 Å². The van der Waals surface area contributed by atoms with E-state index in [4.69, 9.17) is 9.47 Å². The van der Waals surface area contributed by atoms with Crippen LogP contribution in [0.3, 0.4) is 0 Å². The maximum Gasteiger partial charge on any atom is 0.306 e. The minimum atomic E-state index is -3.11. The van der Waals surface area contributed by atoms with Crippen molar-refractivity contribution in [3.8, 4) is 5.75 Å². The van der Waals surface area contributed by atoms with Crippen LogP contribution < -0.4 is 4.74 Å². The third kappa shape index (κ3) is 7.12. The summed E-state index contributed by atoms with van der Waals surface area (Å²) < 4.78 is 33.7. The van der Waals surface area contributed by atoms with E-state index in [1.54, 1.807) is 31.2 Å². The number of carbonyl (C=O) groups is 3. The summed E-state index contributed by atoms with van der Waals surface area (Å²) in [5.41, 5.74) is 0.474. The number of sulfone groups is 1. The van der Waals surface area contributed by atoms with Crippen molar-refractivity contribution >= 4 is 27.5 Å². The molecule has 1 amide bonds. The lowest BCUT2D eigenvalue weighted by atomic mass is 10.1. The van der Waals surface area contributed by atoms with Crippen molar-refractivity contribution in [3.05, 3.63) is 29.8 Å². The van der Waals surface area contributed by atoms with Crippen molar-refractivity contribution in [1.82, 2.24) is 4.90 Å². The molecule has 1 aromatic carbocycles. The van der Waals surface area contributed by atoms with Gasteiger partial charge in [0, 0.05) is 24.6 Å². The largest absolute Gasteiger partial charge is 0.494 e. The molecule has 9 heteroatoms. The Hall–Kier alpha value is -2.42. The zero-order valence-electron chi connectivity index (χ0n) is 17.5. The molecule has 1 atom stereocenters. The normalized spacial score (nSPS) is 17.3. The van der Waals surface area contributed by atoms with Crippen molar-refractivity contribution in [2.75, 3.05) is 31.3 Å². The summed E-state index contributed by atoms with van der Waals surface area (Å²) in [6.45, 7) is 4.24. The first-order chi connectivity index (χ1) is 14.3. The molecule has 0 aliphatic carbocycles. The summed E-state index contributed by atoms with van der Waals surface area (Å²) in [7, 11) is -3.11. The first-order valence-electron chi connectivity index (χ1n) is 10.2. The van der Waals surface area contributed by atoms with E-state index in [-0.39, 0.29) is 36.2 Å². The molecule has 1 aliphatic heterocycles. The van der Waals surface area contributed by atoms with Gasteiger partial charge in [-0.05, 0) is 44.0 Å². The first kappa shape index (κ1) is 23.9. The third-order valence-corrected chi connectivity index (χ3v) is 6.62. The Bertz CT molecular complexity index is 849. The van der Waals surface area contributed by atoms with Crippen molar-refractivity contribution in [3.63, 3.8) is 0 Å². The Labute approximate surface area is 177 Å². The van der Waals surface area contributed by atoms with Gasteiger partial charge in [-0.3, -0.25) is 14.4 Å². The molecule has 1 saturated heterocycles. The predicted molar refractivity (Wildman–Crippen MR) is 111 cm³/mol. The van der Waals surface area contributed by atoms with E-state index in [1.165, 1.54) is 4.90 Å². The van der Waals surface area contributed by atoms with Gasteiger partial charge < -0.3 is 14.4 Å². The lowest BCUT2D eigenvalue weighted by Gasteiger charge is -2.26. The molecule has 0 saturated carbocycles. The van der Waals surface area contributed by atoms with E-state index in [0.717, 1.165) is 6.42 Å². The molecular formula is C21H29NO7S. The quantitative estimate of drug-likeness (QED) is 0.383. The van der Waals surface area contributed by atoms with Gasteiger partial charge in [0.05, 0.1) is 24.5 Å². The van der Waals surface area contributed by atoms with Crippen molar-refractivity contribution in [1.29, 1.82) is 0 Å². The highest BCUT2D eigenvalue weighted by atomic mass is 32.2. The molecule has 8 nitrogen and oxygen atoms in total. The summed E-state index contributed by atoms with van der Waals surface area (Å²) in [4.78, 5) is 37.9. The van der Waals surface area contributed by atoms with Gasteiger partial charge in [-0.15, -0.1) is 0 Å². The van der Waals surface area contributed by atoms with E-state index in [1.807, 2.05) is 6.92 Å². The fourth-order valence-corrected chi connectivity index (χ4v) is 5.00. The van der Waals surface area contributed by atoms with Crippen LogP contribution in [0.5, 0.6) is 5.75 Å². The van der Waals surface area contributed by atoms with Crippen LogP contribution in [0.4, 0.5) is 0 Å². The van der Waals surface area contributed by atoms with Gasteiger partial charge in [0.25, 0.3) is 5.91 Å². The smallest absolute Gasteiger partial charge is 0.306 e. The van der Waals surface area contributed by atoms with Crippen molar-refractivity contribution < 1.29 is 32.3 Å². The van der Waals surface area contributed by atoms with E-state index < -0.39 is 28.3 Å². The zero-order valence-corrected chi connectivity index (χ0v) is 18.3. The molecule has 1 fully saturated rings. The topological polar surface area (TPSA) is 107 Å². The second kappa shape index (κ2) is 11.1. The molecule has 0 N–H and O–H groups in total. The van der Waals surface area contributed by atoms with Crippen LogP contribution in [0.1, 0.15) is 49.9 Å². The van der Waals surface area contributed by atoms with Gasteiger partial charge in [0.1, 0.15) is 5.75 Å². The molecule has 30 heavy (non-hydrogen) atoms. The summed E-state index contributed by atoms with van der Waals surface area (Å²) in [5, 5.41) is 0. The van der Waals surface area contributed by atoms with Gasteiger partial charge >= 0.3 is 5.97 Å². The highest BCUT2D eigenvalue weighted by Gasteiger charge is 2.34. The molecule has 1 aromatic rings. The SMILES string of the molecule is CCCOc1ccc(C(=O)CCC(=O)OCC(=O)N(CC)C2CCS(=O)(=O)C2)cc1. The molecule has 1 heterocycles. The van der Waals surface area contributed by atoms with Gasteiger partial charge in [-0.25, -0.2) is 8.42 Å². The summed E-state index contributed by atoms with van der Waals surface area (Å²) in [6, 6.07) is 6.34. The average Bonchev–Trinajstić information content (AvgIpc) is 3.09. The second-order valence-corrected chi connectivity index (χ2v) is 9.42. The number of carbonyl (C=O) groups excluding carboxylic acids is 3. The number of rotatable bonds is 11. The Morgan fingerprint density at radius 1 is 1.10 bits per heavy atom. The molecule has 1 aliphatic rings. The Kier molecular flexibility index (Phi) is 8.83. The van der Waals surface area contributed by atoms with Crippen LogP contribution >= 0.6 is 0 Å². The maximum absolute atomic E-state index is 12.3. The molecule has 0 bridgehead atoms. The number of Topliss-reactive ketones (excluding diaryl/α,β-unsaturated/α-hetero) is 1. The minimum Gasteiger partial charge on any atom is -0.494 e. The monoisotopic (exact) mass is 439 g/mol. The van der Waals surface area contributed by atoms with Crippen molar-refractivity contribution in [2.45, 2.75) is 45.6 Å². The van der Waals surface area contributed by atoms with E-state index in [9.17, 15) is 22.8 Å². The summed E-state index contributed by atoms with van der Waals surface area (Å²) >= 11 is 0. The molecular weight excluding hydrogens is 410 g/mol. The van der Waals surface area contributed by atoms with Gasteiger partial charge in [-0.1, -0.05) is 6.92 Å². The fraction of sp³-hybridized carbons (Fsp3) is 0.571. The van der Waals surface area contributed by atoms with E-state index in [2.05, 4.69) is 0 Å². The minimum absolute atomic E-state index is 0.0272. The van der Waals surface area contributed by atoms with Gasteiger partial charge in [0.15, 0.2) is 22.2 Å². The van der Waals surface area contributed by atoms with Crippen LogP contribution in [0.15, 0.2) is 24.3 Å². The summed E-state index contributed by atoms with van der Waals surface area (Å²) in [5.74, 6) is -0.586. The number of nitrogens with zero attached hydrogens (tertiary/aromatic N) is 1. The molecule has 1 unspecified atom stereocenters. The molecule has 0 aromatic heterocycles. The van der Waals surface area contributed by atoms with Gasteiger partial charge in [0.2, 0.25) is 0 Å². The Morgan fingerprint density at radius 2 is 1.80 bits per heavy atom. The highest BCUT2D eigenvalue weighted by Crippen LogP contribution is 2.18. The van der Waals surface area contributed by atoms with Crippen LogP contribution in [0, 0.1) is 0 Å². The highest BCUT2D eigenvalue weighted by molar-refractivity contribution is 7.91. The number of hydrogen-bond donors (Lipinski definition) is 0. The average molecular weight is 440 g/mol. The Balaban J connectivity index is 1.76. The predicted octanol–water partition coefficient (Wildman–Crippen LogP) is 2.02. The van der Waals surface area contributed by atoms with Crippen LogP contribution in [-0.2, 0) is 24.2 Å². The molecule has 0 spiro atoms. The maximum atomic E-state index is 12.3. The third-order valence-electron chi connectivity index (χ3n) is 4.87. The van der Waals surface area contributed by atoms with Crippen LogP contribution in [-0.4, -0.2) is 68.3 Å². The fourth-order valence-electron chi connectivity index (χ4n) is 3.27. The van der Waals surface area contributed by atoms with Crippen molar-refractivity contribution in [2.24, 2.45) is 0 Å². The number of benzene rings is 1. The van der Waals surface area contributed by atoms with Crippen LogP contribution in [0.2, 0.25) is 0 Å². The number of esters is 1. The number of ketones is 1. The van der Waals surface area contributed by atoms with Gasteiger partial charge in [-0.2, -0.15) is 0 Å². The lowest BCUT2D eigenvalue weighted by molar-refractivity contribution is -0.152. The first-order valence-corrected chi connectivity index (χ1v) is 12.0. The zero-order chi connectivity index (χ0) is 22.1. The molecule has 2 rings (SSSR count). The number of ether oxygens (including phenoxy) is 2. The lowest BCUT2D eigenvalue weighted by Crippen LogP contribution is -2.43. The van der Waals surface area contributed by atoms with E-state index >= 15 is 0 Å². The standard InChI is InChI=1S/C21H29NO7S/c1-3-12-28-18-7-5-16(6-8-18)19(23)9-10-21(25)29-14-20(24)22(4-2)17-11-13-30(26,27)15-17/h5-8,17H,3-4,9-15H2,1-2H3. The van der Waals surface area contributed by atoms with Crippen LogP contribution in [0.25, 0.3) is 0 Å². The number of likely N-dealkylation sites (N-methyl/N-ethyl adjacent to an activating group) is 1. The summed E-state index contributed by atoms with van der Waals surface area (Å²) in [6.07, 6.45) is 1.12.